The van der Waals surface area contributed by atoms with Gasteiger partial charge in [-0.2, -0.15) is 0 Å². The highest BCUT2D eigenvalue weighted by atomic mass is 16.3. The molecule has 0 radical (unpaired) electrons. The highest BCUT2D eigenvalue weighted by Gasteiger charge is 2.64. The first-order valence-electron chi connectivity index (χ1n) is 13.9. The molecule has 1 aromatic rings. The van der Waals surface area contributed by atoms with Crippen molar-refractivity contribution in [2.75, 3.05) is 32.5 Å². The fraction of sp³-hybridized carbons (Fsp3) is 0.517. The number of anilines is 1. The monoisotopic (exact) mass is 570 g/mol. The Kier molecular flexibility index (Phi) is 8.57. The number of hydrogen-bond donors (Lipinski definition) is 7. The van der Waals surface area contributed by atoms with Crippen LogP contribution in [-0.4, -0.2) is 87.5 Å². The molecule has 0 spiro atoms. The lowest BCUT2D eigenvalue weighted by Crippen LogP contribution is -2.65. The van der Waals surface area contributed by atoms with Gasteiger partial charge in [-0.15, -0.1) is 0 Å². The van der Waals surface area contributed by atoms with Crippen molar-refractivity contribution in [3.63, 3.8) is 0 Å². The topological polar surface area (TPSA) is 203 Å². The summed E-state index contributed by atoms with van der Waals surface area (Å²) in [6.07, 6.45) is 4.41. The number of nitrogens with one attached hydrogen (secondary N) is 2. The van der Waals surface area contributed by atoms with Crippen LogP contribution in [0.25, 0.3) is 5.76 Å². The maximum Gasteiger partial charge on any atom is 0.255 e. The molecule has 12 heteroatoms. The molecule has 0 aromatic heterocycles. The largest absolute Gasteiger partial charge is 0.508 e. The van der Waals surface area contributed by atoms with E-state index in [2.05, 4.69) is 17.6 Å². The number of primary amides is 1. The molecule has 222 valence electrons. The van der Waals surface area contributed by atoms with E-state index in [1.807, 2.05) is 0 Å². The number of carbonyl (C=O) groups is 4. The van der Waals surface area contributed by atoms with Gasteiger partial charge in [0.05, 0.1) is 23.8 Å². The number of phenols is 1. The number of benzene rings is 1. The van der Waals surface area contributed by atoms with Crippen molar-refractivity contribution < 1.29 is 39.6 Å². The van der Waals surface area contributed by atoms with Gasteiger partial charge in [0.2, 0.25) is 11.7 Å². The van der Waals surface area contributed by atoms with Crippen LogP contribution < -0.4 is 16.4 Å². The molecule has 4 atom stereocenters. The number of Topliss-reactive ketones (excluding diaryl/α,β-unsaturated/α-hetero) is 2. The van der Waals surface area contributed by atoms with Gasteiger partial charge in [-0.05, 0) is 57.5 Å². The minimum absolute atomic E-state index is 0.00887. The summed E-state index contributed by atoms with van der Waals surface area (Å²) in [5.41, 5.74) is 1.99. The molecular weight excluding hydrogens is 532 g/mol. The Balaban J connectivity index is 1.67. The minimum atomic E-state index is -2.70. The highest BCUT2D eigenvalue weighted by molar-refractivity contribution is 6.24. The summed E-state index contributed by atoms with van der Waals surface area (Å²) in [5.74, 6) is -7.57. The predicted molar refractivity (Wildman–Crippen MR) is 150 cm³/mol. The Hall–Kier alpha value is -3.74. The van der Waals surface area contributed by atoms with Crippen molar-refractivity contribution in [2.24, 2.45) is 17.6 Å². The molecule has 0 bridgehead atoms. The van der Waals surface area contributed by atoms with Crippen molar-refractivity contribution in [1.82, 2.24) is 10.2 Å². The molecule has 0 saturated heterocycles. The molecule has 8 N–H and O–H groups in total. The second-order valence-corrected chi connectivity index (χ2v) is 11.2. The number of hydrogen-bond acceptors (Lipinski definition) is 10. The number of amides is 2. The van der Waals surface area contributed by atoms with E-state index < -0.39 is 69.7 Å². The van der Waals surface area contributed by atoms with Gasteiger partial charge in [-0.3, -0.25) is 24.1 Å². The van der Waals surface area contributed by atoms with Gasteiger partial charge in [-0.25, -0.2) is 0 Å². The van der Waals surface area contributed by atoms with Gasteiger partial charge in [0.15, 0.2) is 11.4 Å². The van der Waals surface area contributed by atoms with Crippen molar-refractivity contribution in [3.8, 4) is 5.75 Å². The number of nitrogens with two attached hydrogens (primary N) is 1. The minimum Gasteiger partial charge on any atom is -0.508 e. The Labute approximate surface area is 237 Å². The van der Waals surface area contributed by atoms with Gasteiger partial charge in [0.25, 0.3) is 5.91 Å². The second kappa shape index (κ2) is 11.6. The lowest BCUT2D eigenvalue weighted by atomic mass is 9.57. The normalized spacial score (nSPS) is 25.6. The van der Waals surface area contributed by atoms with E-state index in [0.29, 0.717) is 12.1 Å². The molecule has 1 aromatic carbocycles. The Morgan fingerprint density at radius 2 is 1.83 bits per heavy atom. The van der Waals surface area contributed by atoms with E-state index in [1.54, 1.807) is 20.2 Å². The molecule has 0 aliphatic heterocycles. The Morgan fingerprint density at radius 3 is 2.46 bits per heavy atom. The zero-order valence-electron chi connectivity index (χ0n) is 23.5. The zero-order valence-corrected chi connectivity index (χ0v) is 23.5. The number of fused-ring (bicyclic) bond motifs is 3. The van der Waals surface area contributed by atoms with Gasteiger partial charge in [0.1, 0.15) is 22.8 Å². The summed E-state index contributed by atoms with van der Waals surface area (Å²) in [6.45, 7) is 2.80. The van der Waals surface area contributed by atoms with Gasteiger partial charge in [0, 0.05) is 11.5 Å². The first-order chi connectivity index (χ1) is 19.4. The fourth-order valence-corrected chi connectivity index (χ4v) is 6.39. The van der Waals surface area contributed by atoms with Crippen LogP contribution >= 0.6 is 0 Å². The van der Waals surface area contributed by atoms with Crippen LogP contribution in [0.4, 0.5) is 5.69 Å². The second-order valence-electron chi connectivity index (χ2n) is 11.2. The number of phenolic OH excluding ortho intramolecular Hbond substituents is 1. The Bertz CT molecular complexity index is 1350. The number of aliphatic hydroxyl groups excluding tert-OH is 2. The first kappa shape index (κ1) is 30.2. The van der Waals surface area contributed by atoms with E-state index in [9.17, 15) is 39.6 Å². The van der Waals surface area contributed by atoms with Crippen LogP contribution in [0, 0.1) is 11.8 Å². The van der Waals surface area contributed by atoms with E-state index >= 15 is 0 Å². The molecular formula is C29H38N4O8. The van der Waals surface area contributed by atoms with Crippen LogP contribution in [0.1, 0.15) is 50.2 Å². The number of unbranched alkanes of at least 4 members (excludes halogenated alkanes) is 3. The van der Waals surface area contributed by atoms with E-state index in [-0.39, 0.29) is 36.2 Å². The predicted octanol–water partition coefficient (Wildman–Crippen LogP) is 1.07. The maximum absolute atomic E-state index is 13.9. The van der Waals surface area contributed by atoms with Gasteiger partial charge < -0.3 is 36.8 Å². The number of aliphatic hydroxyl groups is 3. The van der Waals surface area contributed by atoms with E-state index in [0.717, 1.165) is 25.7 Å². The summed E-state index contributed by atoms with van der Waals surface area (Å²) in [6, 6.07) is 1.99. The first-order valence-corrected chi connectivity index (χ1v) is 13.9. The van der Waals surface area contributed by atoms with Crippen LogP contribution in [0.2, 0.25) is 0 Å². The molecule has 3 aliphatic rings. The van der Waals surface area contributed by atoms with Crippen molar-refractivity contribution in [2.45, 2.75) is 57.1 Å². The molecule has 1 saturated carbocycles. The molecule has 0 heterocycles. The number of likely N-dealkylation sites (N-methyl/N-ethyl adjacent to an activating group) is 1. The van der Waals surface area contributed by atoms with Crippen molar-refractivity contribution in [1.29, 1.82) is 0 Å². The summed E-state index contributed by atoms with van der Waals surface area (Å²) in [5, 5.41) is 50.6. The number of nitrogens with zero attached hydrogens (tertiary/aromatic N) is 1. The summed E-state index contributed by atoms with van der Waals surface area (Å²) < 4.78 is 0. The third-order valence-corrected chi connectivity index (χ3v) is 8.36. The zero-order chi connectivity index (χ0) is 30.2. The lowest BCUT2D eigenvalue weighted by Gasteiger charge is -2.50. The summed E-state index contributed by atoms with van der Waals surface area (Å²) in [4.78, 5) is 53.0. The molecule has 12 nitrogen and oxygen atoms in total. The quantitative estimate of drug-likeness (QED) is 0.121. The third kappa shape index (κ3) is 5.11. The van der Waals surface area contributed by atoms with Crippen LogP contribution in [0.5, 0.6) is 5.75 Å². The molecule has 3 unspecified atom stereocenters. The van der Waals surface area contributed by atoms with E-state index in [1.165, 1.54) is 11.0 Å². The average molecular weight is 571 g/mol. The SMILES string of the molecule is CCCCCCNCC(=O)Nc1ccc2c(c1O)C(O)=C1C(=O)C3(O)C(O)=C(C(N)=O)C(=O)[C@@H](N(C)C)C3CC1C2. The number of carbonyl (C=O) groups excluding carboxylic acids is 4. The molecule has 4 rings (SSSR count). The fourth-order valence-electron chi connectivity index (χ4n) is 6.39. The van der Waals surface area contributed by atoms with Gasteiger partial charge in [-0.1, -0.05) is 32.3 Å². The lowest BCUT2D eigenvalue weighted by molar-refractivity contribution is -0.153. The number of aromatic hydroxyl groups is 1. The van der Waals surface area contributed by atoms with Crippen molar-refractivity contribution >= 4 is 34.8 Å². The maximum atomic E-state index is 13.9. The molecule has 2 amide bonds. The van der Waals surface area contributed by atoms with Crippen LogP contribution in [-0.2, 0) is 25.6 Å². The number of ketones is 2. The Morgan fingerprint density at radius 1 is 1.12 bits per heavy atom. The van der Waals surface area contributed by atoms with Crippen LogP contribution in [0.15, 0.2) is 29.0 Å². The van der Waals surface area contributed by atoms with Crippen LogP contribution in [0.3, 0.4) is 0 Å². The molecule has 1 fully saturated rings. The van der Waals surface area contributed by atoms with Crippen molar-refractivity contribution in [3.05, 3.63) is 40.2 Å². The smallest absolute Gasteiger partial charge is 0.255 e. The van der Waals surface area contributed by atoms with Gasteiger partial charge >= 0.3 is 0 Å². The molecule has 3 aliphatic carbocycles. The summed E-state index contributed by atoms with van der Waals surface area (Å²) in [7, 11) is 3.09. The number of rotatable bonds is 10. The average Bonchev–Trinajstić information content (AvgIpc) is 2.89. The highest BCUT2D eigenvalue weighted by Crippen LogP contribution is 2.53. The van der Waals surface area contributed by atoms with E-state index in [4.69, 9.17) is 5.73 Å². The molecule has 41 heavy (non-hydrogen) atoms. The third-order valence-electron chi connectivity index (χ3n) is 8.36. The standard InChI is InChI=1S/C29H38N4O8/c1-4-5-6-7-10-31-13-18(34)32-17-9-8-14-11-15-12-16-22(33(2)3)25(37)21(28(30)40)27(39)29(16,41)26(38)20(15)24(36)19(14)23(17)35/h8-9,15-16,22,31,35-36,39,41H,4-7,10-13H2,1-3H3,(H2,30,40)(H,32,34)/t15?,16?,22-,29?/m0/s1. The summed E-state index contributed by atoms with van der Waals surface area (Å²) >= 11 is 0.